The Labute approximate surface area is 126 Å². The third-order valence-corrected chi connectivity index (χ3v) is 4.73. The summed E-state index contributed by atoms with van der Waals surface area (Å²) in [5, 5.41) is 13.0. The van der Waals surface area contributed by atoms with E-state index >= 15 is 0 Å². The van der Waals surface area contributed by atoms with E-state index in [0.29, 0.717) is 6.04 Å². The van der Waals surface area contributed by atoms with Crippen molar-refractivity contribution in [2.75, 3.05) is 13.2 Å². The van der Waals surface area contributed by atoms with Gasteiger partial charge in [0.1, 0.15) is 5.82 Å². The molecule has 7 heteroatoms. The molecule has 0 aliphatic carbocycles. The van der Waals surface area contributed by atoms with Crippen molar-refractivity contribution in [3.8, 4) is 0 Å². The van der Waals surface area contributed by atoms with Gasteiger partial charge in [-0.1, -0.05) is 23.9 Å². The van der Waals surface area contributed by atoms with Crippen molar-refractivity contribution in [3.05, 3.63) is 35.6 Å². The van der Waals surface area contributed by atoms with Crippen LogP contribution >= 0.6 is 11.8 Å². The van der Waals surface area contributed by atoms with Gasteiger partial charge in [0.15, 0.2) is 0 Å². The van der Waals surface area contributed by atoms with E-state index < -0.39 is 0 Å². The van der Waals surface area contributed by atoms with Gasteiger partial charge in [0.2, 0.25) is 5.16 Å². The van der Waals surface area contributed by atoms with E-state index in [-0.39, 0.29) is 11.1 Å². The summed E-state index contributed by atoms with van der Waals surface area (Å²) in [5.74, 6) is -0.219. The number of hydrogen-bond donors (Lipinski definition) is 0. The summed E-state index contributed by atoms with van der Waals surface area (Å²) >= 11 is 1.59. The summed E-state index contributed by atoms with van der Waals surface area (Å²) in [6, 6.07) is 6.86. The molecule has 0 spiro atoms. The summed E-state index contributed by atoms with van der Waals surface area (Å²) in [6.07, 6.45) is 1.87. The van der Waals surface area contributed by atoms with Crippen LogP contribution in [-0.2, 0) is 4.74 Å². The normalized spacial score (nSPS) is 17.8. The number of hydrogen-bond acceptors (Lipinski definition) is 5. The van der Waals surface area contributed by atoms with Crippen LogP contribution in [0.15, 0.2) is 29.4 Å². The van der Waals surface area contributed by atoms with Gasteiger partial charge in [-0.2, -0.15) is 0 Å². The summed E-state index contributed by atoms with van der Waals surface area (Å²) in [4.78, 5) is 0. The van der Waals surface area contributed by atoms with E-state index in [1.807, 2.05) is 4.68 Å². The van der Waals surface area contributed by atoms with Crippen molar-refractivity contribution >= 4 is 11.8 Å². The van der Waals surface area contributed by atoms with E-state index in [0.717, 1.165) is 36.8 Å². The van der Waals surface area contributed by atoms with Crippen molar-refractivity contribution in [1.82, 2.24) is 20.2 Å². The average molecular weight is 308 g/mol. The molecule has 0 saturated carbocycles. The van der Waals surface area contributed by atoms with Crippen LogP contribution in [0.2, 0.25) is 0 Å². The molecule has 1 aromatic heterocycles. The lowest BCUT2D eigenvalue weighted by Gasteiger charge is -2.23. The molecule has 0 bridgehead atoms. The second-order valence-corrected chi connectivity index (χ2v) is 6.37. The fraction of sp³-hybridized carbons (Fsp3) is 0.500. The van der Waals surface area contributed by atoms with Gasteiger partial charge >= 0.3 is 0 Å². The Morgan fingerprint density at radius 1 is 1.29 bits per heavy atom. The van der Waals surface area contributed by atoms with E-state index in [4.69, 9.17) is 4.74 Å². The first-order chi connectivity index (χ1) is 10.2. The molecule has 21 heavy (non-hydrogen) atoms. The highest BCUT2D eigenvalue weighted by atomic mass is 32.2. The minimum atomic E-state index is -0.219. The van der Waals surface area contributed by atoms with Crippen LogP contribution in [0.25, 0.3) is 0 Å². The molecule has 5 nitrogen and oxygen atoms in total. The molecule has 1 aromatic carbocycles. The molecule has 0 radical (unpaired) electrons. The average Bonchev–Trinajstić information content (AvgIpc) is 2.97. The molecule has 1 aliphatic heterocycles. The number of tetrazole rings is 1. The van der Waals surface area contributed by atoms with Gasteiger partial charge in [0.25, 0.3) is 0 Å². The predicted molar refractivity (Wildman–Crippen MR) is 77.6 cm³/mol. The smallest absolute Gasteiger partial charge is 0.210 e. The highest BCUT2D eigenvalue weighted by molar-refractivity contribution is 7.99. The van der Waals surface area contributed by atoms with Crippen molar-refractivity contribution in [3.63, 3.8) is 0 Å². The highest BCUT2D eigenvalue weighted by Gasteiger charge is 2.22. The Balaban J connectivity index is 1.72. The number of thioether (sulfide) groups is 1. The molecule has 112 valence electrons. The summed E-state index contributed by atoms with van der Waals surface area (Å²) in [5.41, 5.74) is 1.06. The zero-order valence-corrected chi connectivity index (χ0v) is 12.6. The van der Waals surface area contributed by atoms with Gasteiger partial charge in [-0.05, 0) is 47.9 Å². The maximum atomic E-state index is 13.0. The van der Waals surface area contributed by atoms with Crippen LogP contribution in [0.3, 0.4) is 0 Å². The summed E-state index contributed by atoms with van der Waals surface area (Å²) in [6.45, 7) is 3.57. The van der Waals surface area contributed by atoms with Gasteiger partial charge in [0, 0.05) is 18.5 Å². The van der Waals surface area contributed by atoms with Crippen LogP contribution in [0.5, 0.6) is 0 Å². The van der Waals surface area contributed by atoms with Crippen LogP contribution in [0, 0.1) is 5.82 Å². The van der Waals surface area contributed by atoms with E-state index in [9.17, 15) is 4.39 Å². The van der Waals surface area contributed by atoms with Gasteiger partial charge in [-0.15, -0.1) is 5.10 Å². The van der Waals surface area contributed by atoms with Crippen LogP contribution in [0.4, 0.5) is 4.39 Å². The van der Waals surface area contributed by atoms with Gasteiger partial charge in [-0.3, -0.25) is 0 Å². The molecule has 2 aromatic rings. The largest absolute Gasteiger partial charge is 0.381 e. The maximum Gasteiger partial charge on any atom is 0.210 e. The van der Waals surface area contributed by atoms with Gasteiger partial charge < -0.3 is 4.74 Å². The van der Waals surface area contributed by atoms with Gasteiger partial charge in [-0.25, -0.2) is 9.07 Å². The number of nitrogens with zero attached hydrogens (tertiary/aromatic N) is 4. The number of aromatic nitrogens is 4. The lowest BCUT2D eigenvalue weighted by atomic mass is 10.1. The quantitative estimate of drug-likeness (QED) is 0.813. The fourth-order valence-corrected chi connectivity index (χ4v) is 3.37. The summed E-state index contributed by atoms with van der Waals surface area (Å²) < 4.78 is 20.3. The molecule has 1 aliphatic rings. The monoisotopic (exact) mass is 308 g/mol. The van der Waals surface area contributed by atoms with E-state index in [2.05, 4.69) is 22.4 Å². The molecule has 1 saturated heterocycles. The molecule has 1 atom stereocenters. The summed E-state index contributed by atoms with van der Waals surface area (Å²) in [7, 11) is 0. The molecular formula is C14H17FN4OS. The van der Waals surface area contributed by atoms with E-state index in [1.54, 1.807) is 23.9 Å². The number of halogens is 1. The predicted octanol–water partition coefficient (Wildman–Crippen LogP) is 3.02. The number of rotatable bonds is 4. The third kappa shape index (κ3) is 3.41. The molecule has 0 N–H and O–H groups in total. The Kier molecular flexibility index (Phi) is 4.50. The second-order valence-electron chi connectivity index (χ2n) is 5.06. The molecule has 0 amide bonds. The first-order valence-corrected chi connectivity index (χ1v) is 7.90. The standard InChI is InChI=1S/C14H17FN4OS/c1-10(11-2-4-12(15)5-3-11)21-14-16-17-18-19(14)13-6-8-20-9-7-13/h2-5,10,13H,6-9H2,1H3. The zero-order valence-electron chi connectivity index (χ0n) is 11.8. The third-order valence-electron chi connectivity index (χ3n) is 3.62. The Hall–Kier alpha value is -1.47. The lowest BCUT2D eigenvalue weighted by Crippen LogP contribution is -2.21. The number of ether oxygens (including phenoxy) is 1. The molecular weight excluding hydrogens is 291 g/mol. The second kappa shape index (κ2) is 6.53. The molecule has 1 fully saturated rings. The Morgan fingerprint density at radius 2 is 2.00 bits per heavy atom. The number of benzene rings is 1. The minimum Gasteiger partial charge on any atom is -0.381 e. The Bertz CT molecular complexity index is 583. The first-order valence-electron chi connectivity index (χ1n) is 7.02. The van der Waals surface area contributed by atoms with Crippen LogP contribution in [0.1, 0.15) is 36.6 Å². The SMILES string of the molecule is CC(Sc1nnnn1C1CCOCC1)c1ccc(F)cc1. The van der Waals surface area contributed by atoms with Crippen molar-refractivity contribution in [2.45, 2.75) is 36.2 Å². The topological polar surface area (TPSA) is 52.8 Å². The van der Waals surface area contributed by atoms with Crippen LogP contribution < -0.4 is 0 Å². The minimum absolute atomic E-state index is 0.162. The first kappa shape index (κ1) is 14.5. The van der Waals surface area contributed by atoms with Crippen molar-refractivity contribution in [2.24, 2.45) is 0 Å². The maximum absolute atomic E-state index is 13.0. The zero-order chi connectivity index (χ0) is 14.7. The van der Waals surface area contributed by atoms with Gasteiger partial charge in [0.05, 0.1) is 6.04 Å². The Morgan fingerprint density at radius 3 is 2.71 bits per heavy atom. The van der Waals surface area contributed by atoms with Crippen molar-refractivity contribution in [1.29, 1.82) is 0 Å². The van der Waals surface area contributed by atoms with E-state index in [1.165, 1.54) is 12.1 Å². The lowest BCUT2D eigenvalue weighted by molar-refractivity contribution is 0.0631. The van der Waals surface area contributed by atoms with Crippen molar-refractivity contribution < 1.29 is 9.13 Å². The van der Waals surface area contributed by atoms with Crippen LogP contribution in [-0.4, -0.2) is 33.4 Å². The molecule has 3 rings (SSSR count). The molecule has 1 unspecified atom stereocenters. The fourth-order valence-electron chi connectivity index (χ4n) is 2.38. The molecule has 2 heterocycles. The highest BCUT2D eigenvalue weighted by Crippen LogP contribution is 2.35.